The van der Waals surface area contributed by atoms with E-state index in [2.05, 4.69) is 5.32 Å². The minimum absolute atomic E-state index is 0.262. The SMILES string of the molecule is OC(CNCCOc1cc2ccc1o2)COc1ccccc1. The zero-order chi connectivity index (χ0) is 15.2. The highest BCUT2D eigenvalue weighted by molar-refractivity contribution is 5.69. The third-order valence-corrected chi connectivity index (χ3v) is 3.24. The molecule has 0 aliphatic heterocycles. The van der Waals surface area contributed by atoms with Crippen LogP contribution in [-0.4, -0.2) is 37.5 Å². The third-order valence-electron chi connectivity index (χ3n) is 3.24. The van der Waals surface area contributed by atoms with E-state index < -0.39 is 6.10 Å². The molecule has 22 heavy (non-hydrogen) atoms. The summed E-state index contributed by atoms with van der Waals surface area (Å²) in [5, 5.41) is 13.0. The standard InChI is InChI=1S/C17H19NO4/c19-13(12-21-14-4-2-1-3-5-14)11-18-8-9-20-17-10-15-6-7-16(17)22-15/h1-7,10,13,18-19H,8-9,11-12H2. The van der Waals surface area contributed by atoms with Crippen molar-refractivity contribution in [3.63, 3.8) is 0 Å². The lowest BCUT2D eigenvalue weighted by Crippen LogP contribution is -2.33. The number of nitrogens with one attached hydrogen (secondary N) is 1. The van der Waals surface area contributed by atoms with E-state index in [-0.39, 0.29) is 6.61 Å². The molecule has 3 rings (SSSR count). The van der Waals surface area contributed by atoms with Gasteiger partial charge >= 0.3 is 0 Å². The summed E-state index contributed by atoms with van der Waals surface area (Å²) in [6.45, 7) is 1.88. The Kier molecular flexibility index (Phi) is 4.78. The van der Waals surface area contributed by atoms with Gasteiger partial charge in [-0.25, -0.2) is 0 Å². The highest BCUT2D eigenvalue weighted by Crippen LogP contribution is 2.28. The van der Waals surface area contributed by atoms with Crippen molar-refractivity contribution in [1.29, 1.82) is 0 Å². The van der Waals surface area contributed by atoms with Gasteiger partial charge in [-0.1, -0.05) is 18.2 Å². The summed E-state index contributed by atoms with van der Waals surface area (Å²) >= 11 is 0. The Bertz CT molecular complexity index is 667. The zero-order valence-corrected chi connectivity index (χ0v) is 12.2. The molecule has 0 saturated carbocycles. The van der Waals surface area contributed by atoms with E-state index >= 15 is 0 Å². The van der Waals surface area contributed by atoms with E-state index in [4.69, 9.17) is 13.9 Å². The second-order valence-corrected chi connectivity index (χ2v) is 5.04. The van der Waals surface area contributed by atoms with Gasteiger partial charge in [-0.2, -0.15) is 0 Å². The van der Waals surface area contributed by atoms with Crippen LogP contribution in [0.15, 0.2) is 52.9 Å². The van der Waals surface area contributed by atoms with Gasteiger partial charge in [0.1, 0.15) is 30.7 Å². The Morgan fingerprint density at radius 1 is 1.09 bits per heavy atom. The average molecular weight is 301 g/mol. The molecule has 5 heteroatoms. The average Bonchev–Trinajstić information content (AvgIpc) is 3.16. The Morgan fingerprint density at radius 3 is 2.68 bits per heavy atom. The molecule has 0 spiro atoms. The normalized spacial score (nSPS) is 12.6. The molecule has 0 aliphatic carbocycles. The predicted octanol–water partition coefficient (Wildman–Crippen LogP) is 2.28. The van der Waals surface area contributed by atoms with Crippen LogP contribution in [0.2, 0.25) is 0 Å². The van der Waals surface area contributed by atoms with E-state index in [1.165, 1.54) is 0 Å². The molecule has 3 aromatic rings. The molecule has 116 valence electrons. The summed E-state index contributed by atoms with van der Waals surface area (Å²) in [6.07, 6.45) is -0.557. The second-order valence-electron chi connectivity index (χ2n) is 5.04. The van der Waals surface area contributed by atoms with Crippen molar-refractivity contribution in [2.75, 3.05) is 26.3 Å². The molecule has 0 fully saturated rings. The largest absolute Gasteiger partial charge is 0.491 e. The summed E-state index contributed by atoms with van der Waals surface area (Å²) in [7, 11) is 0. The molecule has 2 heterocycles. The minimum Gasteiger partial charge on any atom is -0.491 e. The molecule has 2 N–H and O–H groups in total. The lowest BCUT2D eigenvalue weighted by Gasteiger charge is -2.13. The number of hydrogen-bond donors (Lipinski definition) is 2. The highest BCUT2D eigenvalue weighted by Gasteiger charge is 2.08. The first kappa shape index (κ1) is 14.7. The summed E-state index contributed by atoms with van der Waals surface area (Å²) in [4.78, 5) is 0. The fraction of sp³-hybridized carbons (Fsp3) is 0.294. The van der Waals surface area contributed by atoms with Crippen molar-refractivity contribution in [3.05, 3.63) is 48.5 Å². The first-order valence-corrected chi connectivity index (χ1v) is 7.32. The molecule has 2 aromatic heterocycles. The van der Waals surface area contributed by atoms with Gasteiger partial charge in [0.15, 0.2) is 11.3 Å². The minimum atomic E-state index is -0.557. The number of aliphatic hydroxyl groups excluding tert-OH is 1. The lowest BCUT2D eigenvalue weighted by molar-refractivity contribution is 0.105. The lowest BCUT2D eigenvalue weighted by atomic mass is 10.3. The number of hydrogen-bond acceptors (Lipinski definition) is 5. The quantitative estimate of drug-likeness (QED) is 0.594. The van der Waals surface area contributed by atoms with Crippen LogP contribution < -0.4 is 14.8 Å². The topological polar surface area (TPSA) is 63.9 Å². The number of rotatable bonds is 9. The fourth-order valence-electron chi connectivity index (χ4n) is 2.15. The van der Waals surface area contributed by atoms with Crippen molar-refractivity contribution in [3.8, 4) is 11.5 Å². The van der Waals surface area contributed by atoms with Gasteiger partial charge in [0.25, 0.3) is 0 Å². The summed E-state index contributed by atoms with van der Waals surface area (Å²) in [5.41, 5.74) is 1.60. The molecule has 2 bridgehead atoms. The summed E-state index contributed by atoms with van der Waals surface area (Å²) in [6, 6.07) is 15.1. The maximum Gasteiger partial charge on any atom is 0.169 e. The van der Waals surface area contributed by atoms with Gasteiger partial charge < -0.3 is 24.3 Å². The van der Waals surface area contributed by atoms with E-state index in [0.29, 0.717) is 19.7 Å². The number of para-hydroxylation sites is 1. The number of benzene rings is 2. The van der Waals surface area contributed by atoms with Crippen LogP contribution in [0.25, 0.3) is 11.2 Å². The Balaban J connectivity index is 1.27. The van der Waals surface area contributed by atoms with Crippen LogP contribution in [0.4, 0.5) is 0 Å². The van der Waals surface area contributed by atoms with Crippen LogP contribution in [0.3, 0.4) is 0 Å². The van der Waals surface area contributed by atoms with Crippen LogP contribution in [0.5, 0.6) is 11.5 Å². The number of ether oxygens (including phenoxy) is 2. The Hall–Kier alpha value is -2.24. The first-order valence-electron chi connectivity index (χ1n) is 7.32. The van der Waals surface area contributed by atoms with Gasteiger partial charge in [0.2, 0.25) is 0 Å². The molecule has 0 saturated heterocycles. The second kappa shape index (κ2) is 7.15. The molecule has 5 nitrogen and oxygen atoms in total. The predicted molar refractivity (Wildman–Crippen MR) is 83.7 cm³/mol. The van der Waals surface area contributed by atoms with Crippen molar-refractivity contribution in [2.24, 2.45) is 0 Å². The first-order chi connectivity index (χ1) is 10.8. The van der Waals surface area contributed by atoms with Crippen molar-refractivity contribution >= 4 is 11.2 Å². The smallest absolute Gasteiger partial charge is 0.169 e. The monoisotopic (exact) mass is 301 g/mol. The van der Waals surface area contributed by atoms with Crippen LogP contribution >= 0.6 is 0 Å². The maximum atomic E-state index is 9.83. The molecule has 0 aliphatic rings. The maximum absolute atomic E-state index is 9.83. The molecular formula is C17H19NO4. The molecule has 1 atom stereocenters. The fourth-order valence-corrected chi connectivity index (χ4v) is 2.15. The van der Waals surface area contributed by atoms with Crippen molar-refractivity contribution in [1.82, 2.24) is 5.32 Å². The third kappa shape index (κ3) is 3.90. The van der Waals surface area contributed by atoms with Gasteiger partial charge in [-0.15, -0.1) is 0 Å². The Morgan fingerprint density at radius 2 is 1.95 bits per heavy atom. The number of aliphatic hydroxyl groups is 1. The Labute approximate surface area is 128 Å². The van der Waals surface area contributed by atoms with Crippen LogP contribution in [0, 0.1) is 0 Å². The molecule has 1 unspecified atom stereocenters. The molecule has 1 aromatic carbocycles. The molecule has 0 amide bonds. The zero-order valence-electron chi connectivity index (χ0n) is 12.2. The van der Waals surface area contributed by atoms with Crippen molar-refractivity contribution in [2.45, 2.75) is 6.10 Å². The molecular weight excluding hydrogens is 282 g/mol. The molecule has 0 radical (unpaired) electrons. The van der Waals surface area contributed by atoms with E-state index in [9.17, 15) is 5.11 Å². The van der Waals surface area contributed by atoms with Crippen LogP contribution in [-0.2, 0) is 0 Å². The highest BCUT2D eigenvalue weighted by atomic mass is 16.5. The van der Waals surface area contributed by atoms with E-state index in [1.807, 2.05) is 48.5 Å². The summed E-state index contributed by atoms with van der Waals surface area (Å²) in [5.74, 6) is 1.53. The number of furan rings is 2. The number of fused-ring (bicyclic) bond motifs is 2. The van der Waals surface area contributed by atoms with Crippen LogP contribution in [0.1, 0.15) is 0 Å². The van der Waals surface area contributed by atoms with Gasteiger partial charge in [0.05, 0.1) is 0 Å². The van der Waals surface area contributed by atoms with E-state index in [0.717, 1.165) is 22.7 Å². The van der Waals surface area contributed by atoms with Gasteiger partial charge in [-0.05, 0) is 24.3 Å². The van der Waals surface area contributed by atoms with Gasteiger partial charge in [0, 0.05) is 19.2 Å². The summed E-state index contributed by atoms with van der Waals surface area (Å²) < 4.78 is 16.5. The van der Waals surface area contributed by atoms with Crippen molar-refractivity contribution < 1.29 is 19.0 Å². The van der Waals surface area contributed by atoms with Gasteiger partial charge in [-0.3, -0.25) is 0 Å². The van der Waals surface area contributed by atoms with E-state index in [1.54, 1.807) is 0 Å².